The number of amides is 1. The van der Waals surface area contributed by atoms with E-state index in [1.54, 1.807) is 0 Å². The lowest BCUT2D eigenvalue weighted by Crippen LogP contribution is -2.35. The van der Waals surface area contributed by atoms with Crippen molar-refractivity contribution in [3.8, 4) is 0 Å². The molecule has 154 valence electrons. The Kier molecular flexibility index (Phi) is 6.14. The van der Waals surface area contributed by atoms with Gasteiger partial charge in [0.25, 0.3) is 5.91 Å². The Morgan fingerprint density at radius 2 is 1.52 bits per heavy atom. The Balaban J connectivity index is 1.61. The van der Waals surface area contributed by atoms with Crippen molar-refractivity contribution < 1.29 is 4.79 Å². The number of hydrogen-bond donors (Lipinski definition) is 2. The number of benzene rings is 3. The van der Waals surface area contributed by atoms with E-state index in [4.69, 9.17) is 12.2 Å². The molecule has 1 amide bonds. The summed E-state index contributed by atoms with van der Waals surface area (Å²) in [7, 11) is 0. The van der Waals surface area contributed by atoms with Crippen LogP contribution in [-0.2, 0) is 4.79 Å². The van der Waals surface area contributed by atoms with Crippen LogP contribution >= 0.6 is 12.2 Å². The first-order valence-electron chi connectivity index (χ1n) is 9.82. The number of para-hydroxylation sites is 2. The summed E-state index contributed by atoms with van der Waals surface area (Å²) < 4.78 is 0. The monoisotopic (exact) mass is 427 g/mol. The minimum absolute atomic E-state index is 0.157. The molecule has 0 spiro atoms. The normalized spacial score (nSPS) is 16.1. The SMILES string of the molecule is CC1=NN(c2ccccc2)C(=O)C1C(=NNC(=S)Nc1ccccc1)c1ccccc1. The fraction of sp³-hybridized carbons (Fsp3) is 0.0833. The summed E-state index contributed by atoms with van der Waals surface area (Å²) in [6.45, 7) is 1.84. The quantitative estimate of drug-likeness (QED) is 0.359. The standard InChI is InChI=1S/C24H21N5OS/c1-17-21(23(30)29(28-17)20-15-9-4-10-16-20)22(18-11-5-2-6-12-18)26-27-24(31)25-19-13-7-3-8-14-19/h2-16,21H,1H3,(H2,25,27,31). The second-order valence-electron chi connectivity index (χ2n) is 6.96. The van der Waals surface area contributed by atoms with Crippen LogP contribution in [0.25, 0.3) is 0 Å². The van der Waals surface area contributed by atoms with E-state index < -0.39 is 5.92 Å². The van der Waals surface area contributed by atoms with Gasteiger partial charge in [0, 0.05) is 5.69 Å². The number of nitrogens with one attached hydrogen (secondary N) is 2. The molecule has 1 heterocycles. The molecule has 31 heavy (non-hydrogen) atoms. The van der Waals surface area contributed by atoms with E-state index in [1.165, 1.54) is 5.01 Å². The van der Waals surface area contributed by atoms with Crippen LogP contribution in [0.5, 0.6) is 0 Å². The summed E-state index contributed by atoms with van der Waals surface area (Å²) in [5.74, 6) is -0.773. The van der Waals surface area contributed by atoms with E-state index in [0.717, 1.165) is 16.9 Å². The summed E-state index contributed by atoms with van der Waals surface area (Å²) >= 11 is 5.38. The Morgan fingerprint density at radius 3 is 2.16 bits per heavy atom. The molecule has 3 aromatic rings. The Hall–Kier alpha value is -3.84. The molecule has 1 aliphatic rings. The third-order valence-electron chi connectivity index (χ3n) is 4.78. The van der Waals surface area contributed by atoms with Crippen molar-refractivity contribution in [2.45, 2.75) is 6.92 Å². The van der Waals surface area contributed by atoms with Crippen LogP contribution in [-0.4, -0.2) is 22.4 Å². The molecule has 3 aromatic carbocycles. The average molecular weight is 428 g/mol. The molecule has 1 unspecified atom stereocenters. The van der Waals surface area contributed by atoms with E-state index in [2.05, 4.69) is 20.9 Å². The van der Waals surface area contributed by atoms with Gasteiger partial charge in [-0.1, -0.05) is 66.7 Å². The number of thiocarbonyl (C=S) groups is 1. The predicted molar refractivity (Wildman–Crippen MR) is 129 cm³/mol. The molecule has 4 rings (SSSR count). The van der Waals surface area contributed by atoms with Gasteiger partial charge in [-0.25, -0.2) is 0 Å². The van der Waals surface area contributed by atoms with Gasteiger partial charge in [0.2, 0.25) is 0 Å². The smallest absolute Gasteiger partial charge is 0.262 e. The predicted octanol–water partition coefficient (Wildman–Crippen LogP) is 4.42. The molecule has 0 fully saturated rings. The number of hydrogen-bond acceptors (Lipinski definition) is 4. The van der Waals surface area contributed by atoms with Crippen molar-refractivity contribution in [1.29, 1.82) is 0 Å². The van der Waals surface area contributed by atoms with E-state index >= 15 is 0 Å². The highest BCUT2D eigenvalue weighted by Gasteiger charge is 2.38. The molecule has 1 atom stereocenters. The zero-order chi connectivity index (χ0) is 21.6. The van der Waals surface area contributed by atoms with Gasteiger partial charge >= 0.3 is 0 Å². The molecule has 0 aromatic heterocycles. The molecular weight excluding hydrogens is 406 g/mol. The molecule has 0 saturated carbocycles. The van der Waals surface area contributed by atoms with Crippen LogP contribution in [0.3, 0.4) is 0 Å². The van der Waals surface area contributed by atoms with E-state index in [9.17, 15) is 4.79 Å². The molecule has 6 nitrogen and oxygen atoms in total. The fourth-order valence-electron chi connectivity index (χ4n) is 3.33. The number of nitrogens with zero attached hydrogens (tertiary/aromatic N) is 3. The first-order chi connectivity index (χ1) is 15.1. The molecule has 2 N–H and O–H groups in total. The van der Waals surface area contributed by atoms with E-state index in [0.29, 0.717) is 16.5 Å². The maximum atomic E-state index is 13.3. The highest BCUT2D eigenvalue weighted by atomic mass is 32.1. The number of anilines is 2. The van der Waals surface area contributed by atoms with Gasteiger partial charge in [0.05, 0.1) is 17.1 Å². The highest BCUT2D eigenvalue weighted by molar-refractivity contribution is 7.80. The van der Waals surface area contributed by atoms with Crippen LogP contribution in [0.1, 0.15) is 12.5 Å². The Bertz CT molecular complexity index is 1130. The first kappa shape index (κ1) is 20.4. The largest absolute Gasteiger partial charge is 0.331 e. The van der Waals surface area contributed by atoms with Crippen molar-refractivity contribution >= 4 is 46.0 Å². The maximum absolute atomic E-state index is 13.3. The zero-order valence-electron chi connectivity index (χ0n) is 16.9. The molecule has 1 aliphatic heterocycles. The minimum Gasteiger partial charge on any atom is -0.331 e. The van der Waals surface area contributed by atoms with Crippen molar-refractivity contribution in [2.75, 3.05) is 10.3 Å². The van der Waals surface area contributed by atoms with Crippen LogP contribution in [0.15, 0.2) is 101 Å². The summed E-state index contributed by atoms with van der Waals surface area (Å²) in [5.41, 5.74) is 6.50. The van der Waals surface area contributed by atoms with Crippen LogP contribution < -0.4 is 15.8 Å². The van der Waals surface area contributed by atoms with Gasteiger partial charge in [-0.15, -0.1) is 0 Å². The molecule has 0 radical (unpaired) electrons. The van der Waals surface area contributed by atoms with Crippen molar-refractivity contribution in [2.24, 2.45) is 16.1 Å². The number of rotatable bonds is 5. The van der Waals surface area contributed by atoms with Crippen LogP contribution in [0.4, 0.5) is 11.4 Å². The van der Waals surface area contributed by atoms with Gasteiger partial charge in [0.1, 0.15) is 5.92 Å². The number of carbonyl (C=O) groups excluding carboxylic acids is 1. The van der Waals surface area contributed by atoms with Gasteiger partial charge in [-0.2, -0.15) is 15.2 Å². The first-order valence-corrected chi connectivity index (χ1v) is 10.2. The summed E-state index contributed by atoms with van der Waals surface area (Å²) in [5, 5.41) is 13.9. The summed E-state index contributed by atoms with van der Waals surface area (Å²) in [6, 6.07) is 28.5. The topological polar surface area (TPSA) is 69.1 Å². The third kappa shape index (κ3) is 4.67. The average Bonchev–Trinajstić information content (AvgIpc) is 3.10. The molecule has 0 bridgehead atoms. The van der Waals surface area contributed by atoms with Gasteiger partial charge < -0.3 is 5.32 Å². The molecular formula is C24H21N5OS. The lowest BCUT2D eigenvalue weighted by atomic mass is 9.93. The third-order valence-corrected chi connectivity index (χ3v) is 4.98. The van der Waals surface area contributed by atoms with Gasteiger partial charge in [0.15, 0.2) is 5.11 Å². The van der Waals surface area contributed by atoms with Crippen molar-refractivity contribution in [3.05, 3.63) is 96.6 Å². The highest BCUT2D eigenvalue weighted by Crippen LogP contribution is 2.26. The van der Waals surface area contributed by atoms with Crippen LogP contribution in [0, 0.1) is 5.92 Å². The Morgan fingerprint density at radius 1 is 0.935 bits per heavy atom. The van der Waals surface area contributed by atoms with E-state index in [-0.39, 0.29) is 5.91 Å². The minimum atomic E-state index is -0.616. The second-order valence-corrected chi connectivity index (χ2v) is 7.36. The number of hydrazone groups is 2. The molecule has 7 heteroatoms. The number of carbonyl (C=O) groups is 1. The molecule has 0 saturated heterocycles. The zero-order valence-corrected chi connectivity index (χ0v) is 17.7. The summed E-state index contributed by atoms with van der Waals surface area (Å²) in [4.78, 5) is 13.3. The maximum Gasteiger partial charge on any atom is 0.262 e. The second kappa shape index (κ2) is 9.32. The van der Waals surface area contributed by atoms with Crippen molar-refractivity contribution in [1.82, 2.24) is 5.43 Å². The molecule has 0 aliphatic carbocycles. The van der Waals surface area contributed by atoms with Gasteiger partial charge in [-0.05, 0) is 49.0 Å². The van der Waals surface area contributed by atoms with Gasteiger partial charge in [-0.3, -0.25) is 10.2 Å². The summed E-state index contributed by atoms with van der Waals surface area (Å²) in [6.07, 6.45) is 0. The Labute approximate surface area is 186 Å². The van der Waals surface area contributed by atoms with Crippen molar-refractivity contribution in [3.63, 3.8) is 0 Å². The lowest BCUT2D eigenvalue weighted by Gasteiger charge is -2.17. The lowest BCUT2D eigenvalue weighted by molar-refractivity contribution is -0.118. The fourth-order valence-corrected chi connectivity index (χ4v) is 3.49. The van der Waals surface area contributed by atoms with E-state index in [1.807, 2.05) is 97.9 Å². The van der Waals surface area contributed by atoms with Crippen LogP contribution in [0.2, 0.25) is 0 Å².